The summed E-state index contributed by atoms with van der Waals surface area (Å²) in [5.41, 5.74) is 9.20. The van der Waals surface area contributed by atoms with E-state index in [0.29, 0.717) is 17.2 Å². The van der Waals surface area contributed by atoms with E-state index in [9.17, 15) is 4.79 Å². The predicted octanol–water partition coefficient (Wildman–Crippen LogP) is 0.869. The fourth-order valence-corrected chi connectivity index (χ4v) is 2.83. The molecule has 1 aliphatic heterocycles. The summed E-state index contributed by atoms with van der Waals surface area (Å²) >= 11 is 0. The monoisotopic (exact) mass is 333 g/mol. The molecule has 8 nitrogen and oxygen atoms in total. The molecular formula is C17H15N7O. The molecule has 3 aromatic rings. The Kier molecular flexibility index (Phi) is 3.79. The summed E-state index contributed by atoms with van der Waals surface area (Å²) < 4.78 is 0. The summed E-state index contributed by atoms with van der Waals surface area (Å²) in [4.78, 5) is 18.9. The highest BCUT2D eigenvalue weighted by molar-refractivity contribution is 6.19. The third-order valence-corrected chi connectivity index (χ3v) is 3.97. The molecule has 0 aliphatic carbocycles. The Morgan fingerprint density at radius 1 is 1.08 bits per heavy atom. The van der Waals surface area contributed by atoms with Gasteiger partial charge in [-0.2, -0.15) is 5.21 Å². The molecular weight excluding hydrogens is 318 g/mol. The number of amides is 1. The van der Waals surface area contributed by atoms with E-state index in [4.69, 9.17) is 5.73 Å². The lowest BCUT2D eigenvalue weighted by Crippen LogP contribution is -2.42. The highest BCUT2D eigenvalue weighted by atomic mass is 16.2. The van der Waals surface area contributed by atoms with E-state index >= 15 is 0 Å². The Morgan fingerprint density at radius 2 is 1.84 bits per heavy atom. The van der Waals surface area contributed by atoms with Gasteiger partial charge in [-0.15, -0.1) is 10.2 Å². The molecule has 0 unspecified atom stereocenters. The van der Waals surface area contributed by atoms with Gasteiger partial charge >= 0.3 is 0 Å². The Hall–Kier alpha value is -3.39. The molecule has 0 radical (unpaired) electrons. The normalized spacial score (nSPS) is 17.0. The van der Waals surface area contributed by atoms with E-state index in [0.717, 1.165) is 11.1 Å². The van der Waals surface area contributed by atoms with Gasteiger partial charge in [0.25, 0.3) is 5.91 Å². The van der Waals surface area contributed by atoms with Gasteiger partial charge in [0.05, 0.1) is 17.9 Å². The number of H-pyrrole nitrogens is 1. The van der Waals surface area contributed by atoms with Crippen LogP contribution < -0.4 is 10.6 Å². The molecule has 0 saturated carbocycles. The van der Waals surface area contributed by atoms with E-state index in [-0.39, 0.29) is 12.5 Å². The molecule has 3 N–H and O–H groups in total. The topological polar surface area (TPSA) is 113 Å². The van der Waals surface area contributed by atoms with Crippen LogP contribution in [-0.2, 0) is 11.3 Å². The lowest BCUT2D eigenvalue weighted by atomic mass is 10.0. The second-order valence-corrected chi connectivity index (χ2v) is 5.56. The van der Waals surface area contributed by atoms with Crippen molar-refractivity contribution in [3.63, 3.8) is 0 Å². The van der Waals surface area contributed by atoms with Crippen molar-refractivity contribution >= 4 is 17.3 Å². The molecule has 4 rings (SSSR count). The smallest absolute Gasteiger partial charge is 0.266 e. The molecule has 0 bridgehead atoms. The van der Waals surface area contributed by atoms with E-state index in [1.165, 1.54) is 0 Å². The molecule has 1 amide bonds. The summed E-state index contributed by atoms with van der Waals surface area (Å²) in [7, 11) is 0. The highest BCUT2D eigenvalue weighted by Gasteiger charge is 2.30. The van der Waals surface area contributed by atoms with Crippen LogP contribution >= 0.6 is 0 Å². The maximum atomic E-state index is 12.8. The molecule has 1 aromatic heterocycles. The number of hydrogen-bond acceptors (Lipinski definition) is 6. The average molecular weight is 333 g/mol. The van der Waals surface area contributed by atoms with Gasteiger partial charge in [-0.1, -0.05) is 53.7 Å². The molecule has 0 saturated heterocycles. The van der Waals surface area contributed by atoms with Gasteiger partial charge < -0.3 is 10.6 Å². The number of rotatable bonds is 3. The fourth-order valence-electron chi connectivity index (χ4n) is 2.83. The van der Waals surface area contributed by atoms with Crippen LogP contribution in [0.3, 0.4) is 0 Å². The second kappa shape index (κ2) is 6.25. The standard InChI is InChI=1S/C17H15N7O/c18-16-17(25)24(10-14-20-22-23-21-14)13-9-5-4-8-12(13)15(19-16)11-6-2-1-3-7-11/h1-9,16H,10,18H2,(H,20,21,22,23)/t16-/m1/s1. The number of carbonyl (C=O) groups is 1. The Bertz CT molecular complexity index is 921. The first-order chi connectivity index (χ1) is 12.2. The SMILES string of the molecule is N[C@@H]1N=C(c2ccccc2)c2ccccc2N(Cc2nn[nH]n2)C1=O. The average Bonchev–Trinajstić information content (AvgIpc) is 3.14. The van der Waals surface area contributed by atoms with Crippen molar-refractivity contribution in [3.05, 3.63) is 71.5 Å². The third kappa shape index (κ3) is 2.79. The van der Waals surface area contributed by atoms with Crippen molar-refractivity contribution in [2.75, 3.05) is 4.90 Å². The van der Waals surface area contributed by atoms with Crippen LogP contribution in [0.4, 0.5) is 5.69 Å². The maximum absolute atomic E-state index is 12.8. The minimum Gasteiger partial charge on any atom is -0.302 e. The first-order valence-electron chi connectivity index (χ1n) is 7.76. The van der Waals surface area contributed by atoms with Gasteiger partial charge in [0.2, 0.25) is 0 Å². The summed E-state index contributed by atoms with van der Waals surface area (Å²) in [5, 5.41) is 13.8. The third-order valence-electron chi connectivity index (χ3n) is 3.97. The van der Waals surface area contributed by atoms with Crippen LogP contribution in [0.2, 0.25) is 0 Å². The van der Waals surface area contributed by atoms with Crippen molar-refractivity contribution in [1.82, 2.24) is 20.6 Å². The summed E-state index contributed by atoms with van der Waals surface area (Å²) in [6, 6.07) is 17.2. The van der Waals surface area contributed by atoms with Gasteiger partial charge in [-0.25, -0.2) is 0 Å². The molecule has 1 aliphatic rings. The number of tetrazole rings is 1. The number of fused-ring (bicyclic) bond motifs is 1. The fraction of sp³-hybridized carbons (Fsp3) is 0.118. The molecule has 8 heteroatoms. The van der Waals surface area contributed by atoms with Crippen LogP contribution in [0.25, 0.3) is 0 Å². The van der Waals surface area contributed by atoms with Crippen LogP contribution in [0.1, 0.15) is 17.0 Å². The number of nitrogens with two attached hydrogens (primary N) is 1. The van der Waals surface area contributed by atoms with Crippen LogP contribution in [0, 0.1) is 0 Å². The van der Waals surface area contributed by atoms with Gasteiger partial charge in [-0.05, 0) is 6.07 Å². The minimum atomic E-state index is -1.01. The number of anilines is 1. The van der Waals surface area contributed by atoms with Gasteiger partial charge in [-0.3, -0.25) is 9.79 Å². The first-order valence-corrected chi connectivity index (χ1v) is 7.76. The van der Waals surface area contributed by atoms with Crippen LogP contribution in [0.5, 0.6) is 0 Å². The first kappa shape index (κ1) is 15.2. The van der Waals surface area contributed by atoms with Crippen molar-refractivity contribution in [1.29, 1.82) is 0 Å². The summed E-state index contributed by atoms with van der Waals surface area (Å²) in [5.74, 6) is 0.0849. The van der Waals surface area contributed by atoms with E-state index in [2.05, 4.69) is 25.6 Å². The minimum absolute atomic E-state index is 0.164. The number of aliphatic imine (C=N–C) groups is 1. The van der Waals surface area contributed by atoms with Gasteiger partial charge in [0.15, 0.2) is 12.0 Å². The quantitative estimate of drug-likeness (QED) is 0.738. The number of benzodiazepines with no additional fused rings is 1. The molecule has 25 heavy (non-hydrogen) atoms. The van der Waals surface area contributed by atoms with Crippen molar-refractivity contribution in [3.8, 4) is 0 Å². The molecule has 0 spiro atoms. The van der Waals surface area contributed by atoms with Crippen molar-refractivity contribution in [2.45, 2.75) is 12.7 Å². The zero-order valence-corrected chi connectivity index (χ0v) is 13.2. The number of nitrogens with zero attached hydrogens (tertiary/aromatic N) is 5. The zero-order valence-electron chi connectivity index (χ0n) is 13.2. The van der Waals surface area contributed by atoms with Crippen LogP contribution in [0.15, 0.2) is 59.6 Å². The summed E-state index contributed by atoms with van der Waals surface area (Å²) in [6.07, 6.45) is -1.01. The predicted molar refractivity (Wildman–Crippen MR) is 91.9 cm³/mol. The maximum Gasteiger partial charge on any atom is 0.266 e. The number of hydrogen-bond donors (Lipinski definition) is 2. The molecule has 2 aromatic carbocycles. The number of benzene rings is 2. The molecule has 0 fully saturated rings. The molecule has 2 heterocycles. The lowest BCUT2D eigenvalue weighted by molar-refractivity contribution is -0.119. The van der Waals surface area contributed by atoms with Gasteiger partial charge in [0.1, 0.15) is 0 Å². The largest absolute Gasteiger partial charge is 0.302 e. The highest BCUT2D eigenvalue weighted by Crippen LogP contribution is 2.28. The number of aromatic amines is 1. The Morgan fingerprint density at radius 3 is 2.60 bits per heavy atom. The number of nitrogens with one attached hydrogen (secondary N) is 1. The lowest BCUT2D eigenvalue weighted by Gasteiger charge is -2.22. The van der Waals surface area contributed by atoms with Crippen molar-refractivity contribution in [2.24, 2.45) is 10.7 Å². The van der Waals surface area contributed by atoms with E-state index in [1.54, 1.807) is 4.90 Å². The number of aromatic nitrogens is 4. The van der Waals surface area contributed by atoms with Gasteiger partial charge in [0, 0.05) is 11.1 Å². The van der Waals surface area contributed by atoms with Crippen molar-refractivity contribution < 1.29 is 4.79 Å². The number of para-hydroxylation sites is 1. The van der Waals surface area contributed by atoms with E-state index < -0.39 is 6.17 Å². The van der Waals surface area contributed by atoms with Crippen LogP contribution in [-0.4, -0.2) is 38.4 Å². The second-order valence-electron chi connectivity index (χ2n) is 5.56. The Balaban J connectivity index is 1.85. The number of carbonyl (C=O) groups excluding carboxylic acids is 1. The Labute approximate surface area is 143 Å². The zero-order chi connectivity index (χ0) is 17.2. The molecule has 124 valence electrons. The molecule has 1 atom stereocenters. The summed E-state index contributed by atoms with van der Waals surface area (Å²) in [6.45, 7) is 0.164. The van der Waals surface area contributed by atoms with E-state index in [1.807, 2.05) is 54.6 Å².